The monoisotopic (exact) mass is 618 g/mol. The second-order valence-corrected chi connectivity index (χ2v) is 8.47. The summed E-state index contributed by atoms with van der Waals surface area (Å²) < 4.78 is 226. The fourth-order valence-corrected chi connectivity index (χ4v) is 2.50. The molecule has 0 aromatic carbocycles. The van der Waals surface area contributed by atoms with Gasteiger partial charge in [0.05, 0.1) is 13.6 Å². The van der Waals surface area contributed by atoms with Crippen LogP contribution in [-0.2, 0) is 28.2 Å². The molecule has 0 radical (unpaired) electrons. The highest BCUT2D eigenvalue weighted by atomic mass is 32.3. The normalized spacial score (nSPS) is 14.8. The Morgan fingerprint density at radius 1 is 0.789 bits per heavy atom. The first-order valence-electron chi connectivity index (χ1n) is 9.48. The van der Waals surface area contributed by atoms with Gasteiger partial charge in [-0.15, -0.1) is 0 Å². The second-order valence-electron chi connectivity index (χ2n) is 7.42. The number of imidazole rings is 1. The molecule has 0 amide bonds. The Labute approximate surface area is 203 Å². The van der Waals surface area contributed by atoms with Crippen LogP contribution in [0.2, 0.25) is 0 Å². The maximum absolute atomic E-state index is 13.1. The van der Waals surface area contributed by atoms with E-state index in [1.54, 1.807) is 0 Å². The third-order valence-electron chi connectivity index (χ3n) is 4.37. The lowest BCUT2D eigenvalue weighted by Crippen LogP contribution is -2.73. The summed E-state index contributed by atoms with van der Waals surface area (Å²) in [6, 6.07) is 0. The van der Waals surface area contributed by atoms with E-state index in [0.717, 1.165) is 6.54 Å². The van der Waals surface area contributed by atoms with Gasteiger partial charge in [-0.25, -0.2) is 17.6 Å². The van der Waals surface area contributed by atoms with Crippen molar-refractivity contribution in [2.45, 2.75) is 68.0 Å². The maximum atomic E-state index is 13.1. The van der Waals surface area contributed by atoms with Crippen LogP contribution in [0.5, 0.6) is 0 Å². The fraction of sp³-hybridized carbons (Fsp3) is 0.812. The highest BCUT2D eigenvalue weighted by Crippen LogP contribution is 2.62. The molecule has 0 aliphatic heterocycles. The summed E-state index contributed by atoms with van der Waals surface area (Å²) in [6.45, 7) is -0.320. The van der Waals surface area contributed by atoms with E-state index in [1.165, 1.54) is 12.8 Å². The predicted octanol–water partition coefficient (Wildman–Crippen LogP) is 4.95. The minimum Gasteiger partial charge on any atom is -0.726 e. The largest absolute Gasteiger partial charge is 0.726 e. The molecule has 226 valence electrons. The number of alkyl halides is 15. The molecule has 0 saturated heterocycles. The SMILES string of the molecule is CCCCn1cc[n+](C)c1.O=S(=O)([O-])OCC(F)(F)C(F)(F)C(F)(F)C(F)(F)C(F)(F)C(F)(F)C(F)(F)F. The first kappa shape index (κ1) is 36.0. The number of aromatic nitrogens is 2. The Morgan fingerprint density at radius 2 is 1.21 bits per heavy atom. The molecule has 6 nitrogen and oxygen atoms in total. The minimum absolute atomic E-state index is 1.15. The van der Waals surface area contributed by atoms with Gasteiger partial charge in [-0.2, -0.15) is 65.9 Å². The van der Waals surface area contributed by atoms with Gasteiger partial charge in [0.2, 0.25) is 16.7 Å². The summed E-state index contributed by atoms with van der Waals surface area (Å²) in [7, 11) is -4.34. The quantitative estimate of drug-likeness (QED) is 0.152. The van der Waals surface area contributed by atoms with Crippen LogP contribution in [0.1, 0.15) is 19.8 Å². The van der Waals surface area contributed by atoms with Crippen molar-refractivity contribution in [1.82, 2.24) is 4.57 Å². The predicted molar refractivity (Wildman–Crippen MR) is 91.9 cm³/mol. The van der Waals surface area contributed by atoms with E-state index in [0.29, 0.717) is 0 Å². The Morgan fingerprint density at radius 3 is 1.55 bits per heavy atom. The molecule has 38 heavy (non-hydrogen) atoms. The fourth-order valence-electron chi connectivity index (χ4n) is 2.21. The van der Waals surface area contributed by atoms with Crippen molar-refractivity contribution in [3.63, 3.8) is 0 Å². The van der Waals surface area contributed by atoms with Crippen molar-refractivity contribution in [3.05, 3.63) is 18.7 Å². The smallest absolute Gasteiger partial charge is 0.460 e. The van der Waals surface area contributed by atoms with E-state index in [4.69, 9.17) is 0 Å². The van der Waals surface area contributed by atoms with Gasteiger partial charge in [-0.3, -0.25) is 4.18 Å². The summed E-state index contributed by atoms with van der Waals surface area (Å²) in [5, 5.41) is 0. The minimum atomic E-state index is -8.50. The van der Waals surface area contributed by atoms with E-state index in [9.17, 15) is 78.8 Å². The van der Waals surface area contributed by atoms with Gasteiger partial charge in [-0.05, 0) is 6.42 Å². The van der Waals surface area contributed by atoms with Gasteiger partial charge in [0.25, 0.3) is 0 Å². The Bertz CT molecular complexity index is 1020. The van der Waals surface area contributed by atoms with Crippen LogP contribution in [0, 0.1) is 0 Å². The summed E-state index contributed by atoms with van der Waals surface area (Å²) >= 11 is 0. The summed E-state index contributed by atoms with van der Waals surface area (Å²) in [6.07, 6.45) is 1.09. The molecular weight excluding hydrogens is 601 g/mol. The van der Waals surface area contributed by atoms with Gasteiger partial charge < -0.3 is 4.55 Å². The van der Waals surface area contributed by atoms with Crippen LogP contribution < -0.4 is 4.57 Å². The topological polar surface area (TPSA) is 75.2 Å². The molecule has 0 N–H and O–H groups in total. The zero-order chi connectivity index (χ0) is 30.8. The lowest BCUT2D eigenvalue weighted by atomic mass is 9.91. The molecule has 0 spiro atoms. The van der Waals surface area contributed by atoms with E-state index in [-0.39, 0.29) is 0 Å². The van der Waals surface area contributed by atoms with E-state index in [2.05, 4.69) is 39.0 Å². The second kappa shape index (κ2) is 11.3. The van der Waals surface area contributed by atoms with Crippen LogP contribution >= 0.6 is 0 Å². The molecule has 0 saturated carbocycles. The van der Waals surface area contributed by atoms with E-state index >= 15 is 0 Å². The highest BCUT2D eigenvalue weighted by Gasteiger charge is 2.93. The molecule has 22 heteroatoms. The number of hydrogen-bond acceptors (Lipinski definition) is 4. The molecule has 1 heterocycles. The zero-order valence-electron chi connectivity index (χ0n) is 18.7. The highest BCUT2D eigenvalue weighted by molar-refractivity contribution is 7.80. The molecular formula is C16H17F15N2O4S. The standard InChI is InChI=1S/C8H3F15O4S.C8H15N2/c9-2(10,1-27-28(24,25)26)3(11,12)4(13,14)5(15,16)6(17,18)7(19,20)8(21,22)23;1-3-4-5-10-7-6-9(2)8-10/h1H2,(H,24,25,26);6-8H,3-5H2,1-2H3/q;+1/p-1. The van der Waals surface area contributed by atoms with Gasteiger partial charge in [0, 0.05) is 0 Å². The Balaban J connectivity index is 0.00000113. The molecule has 1 rings (SSSR count). The van der Waals surface area contributed by atoms with Crippen LogP contribution in [0.4, 0.5) is 65.9 Å². The van der Waals surface area contributed by atoms with Crippen molar-refractivity contribution in [1.29, 1.82) is 0 Å². The average molecular weight is 618 g/mol. The Hall–Kier alpha value is -1.97. The van der Waals surface area contributed by atoms with Crippen LogP contribution in [0.3, 0.4) is 0 Å². The number of nitrogens with zero attached hydrogens (tertiary/aromatic N) is 2. The number of hydrogen-bond donors (Lipinski definition) is 0. The molecule has 0 atom stereocenters. The third kappa shape index (κ3) is 7.16. The van der Waals surface area contributed by atoms with Crippen molar-refractivity contribution < 1.29 is 87.6 Å². The van der Waals surface area contributed by atoms with Gasteiger partial charge in [-0.1, -0.05) is 13.3 Å². The molecule has 1 aromatic rings. The summed E-state index contributed by atoms with van der Waals surface area (Å²) in [5.74, 6) is -48.3. The number of halogens is 15. The van der Waals surface area contributed by atoms with Crippen molar-refractivity contribution >= 4 is 10.4 Å². The molecule has 0 fully saturated rings. The molecule has 0 unspecified atom stereocenters. The van der Waals surface area contributed by atoms with Crippen LogP contribution in [0.15, 0.2) is 18.7 Å². The number of rotatable bonds is 11. The molecule has 1 aromatic heterocycles. The lowest BCUT2D eigenvalue weighted by molar-refractivity contribution is -0.671. The summed E-state index contributed by atoms with van der Waals surface area (Å²) in [4.78, 5) is 0. The van der Waals surface area contributed by atoms with Crippen molar-refractivity contribution in [2.24, 2.45) is 7.05 Å². The van der Waals surface area contributed by atoms with Crippen molar-refractivity contribution in [2.75, 3.05) is 6.61 Å². The molecule has 0 aliphatic rings. The van der Waals surface area contributed by atoms with Crippen molar-refractivity contribution in [3.8, 4) is 0 Å². The summed E-state index contributed by atoms with van der Waals surface area (Å²) in [5.41, 5.74) is 0. The van der Waals surface area contributed by atoms with Crippen LogP contribution in [-0.4, -0.2) is 65.9 Å². The number of aryl methyl sites for hydroxylation is 2. The first-order valence-corrected chi connectivity index (χ1v) is 10.8. The van der Waals surface area contributed by atoms with Gasteiger partial charge >= 0.3 is 41.7 Å². The van der Waals surface area contributed by atoms with Crippen LogP contribution in [0.25, 0.3) is 0 Å². The first-order chi connectivity index (χ1) is 16.5. The maximum Gasteiger partial charge on any atom is 0.460 e. The van der Waals surface area contributed by atoms with Gasteiger partial charge in [0.1, 0.15) is 19.0 Å². The molecule has 0 aliphatic carbocycles. The molecule has 0 bridgehead atoms. The third-order valence-corrected chi connectivity index (χ3v) is 4.78. The average Bonchev–Trinajstić information content (AvgIpc) is 3.14. The lowest BCUT2D eigenvalue weighted by Gasteiger charge is -2.41. The van der Waals surface area contributed by atoms with Gasteiger partial charge in [0.15, 0.2) is 0 Å². The number of unbranched alkanes of at least 4 members (excludes halogenated alkanes) is 1. The Kier molecular flexibility index (Phi) is 10.7. The van der Waals surface area contributed by atoms with E-state index in [1.807, 2.05) is 7.05 Å². The van der Waals surface area contributed by atoms with E-state index < -0.39 is 58.7 Å². The zero-order valence-corrected chi connectivity index (χ0v) is 19.5.